The third-order valence-electron chi connectivity index (χ3n) is 4.31. The molecule has 0 aliphatic rings. The van der Waals surface area contributed by atoms with Gasteiger partial charge >= 0.3 is 0 Å². The fourth-order valence-corrected chi connectivity index (χ4v) is 3.08. The third kappa shape index (κ3) is 5.83. The van der Waals surface area contributed by atoms with Gasteiger partial charge in [-0.05, 0) is 42.3 Å². The number of amides is 2. The maximum atomic E-state index is 12.6. The van der Waals surface area contributed by atoms with Crippen molar-refractivity contribution in [3.8, 4) is 0 Å². The van der Waals surface area contributed by atoms with Crippen molar-refractivity contribution in [3.05, 3.63) is 94.5 Å². The van der Waals surface area contributed by atoms with Gasteiger partial charge in [-0.2, -0.15) is 0 Å². The van der Waals surface area contributed by atoms with Crippen LogP contribution in [-0.2, 0) is 11.3 Å². The van der Waals surface area contributed by atoms with Gasteiger partial charge in [0.25, 0.3) is 5.91 Å². The molecule has 148 valence electrons. The summed E-state index contributed by atoms with van der Waals surface area (Å²) in [7, 11) is 0. The number of hydrogen-bond donors (Lipinski definition) is 3. The van der Waals surface area contributed by atoms with Gasteiger partial charge in [0.05, 0.1) is 22.8 Å². The van der Waals surface area contributed by atoms with Crippen LogP contribution < -0.4 is 16.0 Å². The van der Waals surface area contributed by atoms with Crippen LogP contribution in [0.3, 0.4) is 0 Å². The lowest BCUT2D eigenvalue weighted by atomic mass is 10.1. The third-order valence-corrected chi connectivity index (χ3v) is 4.62. The van der Waals surface area contributed by atoms with Crippen molar-refractivity contribution in [2.24, 2.45) is 0 Å². The van der Waals surface area contributed by atoms with Crippen LogP contribution in [0.25, 0.3) is 0 Å². The highest BCUT2D eigenvalue weighted by molar-refractivity contribution is 6.33. The van der Waals surface area contributed by atoms with Crippen molar-refractivity contribution < 1.29 is 9.59 Å². The Balaban J connectivity index is 1.59. The SMILES string of the molecule is Cc1ccc(NC(=O)CNc2ccccc2C(=O)NCc2ccccc2)c(Cl)c1. The number of carbonyl (C=O) groups is 2. The lowest BCUT2D eigenvalue weighted by molar-refractivity contribution is -0.114. The number of nitrogens with one attached hydrogen (secondary N) is 3. The van der Waals surface area contributed by atoms with Gasteiger partial charge in [-0.1, -0.05) is 60.1 Å². The monoisotopic (exact) mass is 407 g/mol. The molecule has 0 atom stereocenters. The zero-order chi connectivity index (χ0) is 20.6. The smallest absolute Gasteiger partial charge is 0.253 e. The molecular weight excluding hydrogens is 386 g/mol. The molecule has 29 heavy (non-hydrogen) atoms. The zero-order valence-electron chi connectivity index (χ0n) is 16.0. The number of hydrogen-bond acceptors (Lipinski definition) is 3. The summed E-state index contributed by atoms with van der Waals surface area (Å²) in [6, 6.07) is 22.2. The molecule has 0 unspecified atom stereocenters. The fraction of sp³-hybridized carbons (Fsp3) is 0.130. The van der Waals surface area contributed by atoms with Crippen molar-refractivity contribution in [3.63, 3.8) is 0 Å². The Bertz CT molecular complexity index is 1010. The Hall–Kier alpha value is -3.31. The van der Waals surface area contributed by atoms with Crippen LogP contribution in [0.5, 0.6) is 0 Å². The van der Waals surface area contributed by atoms with E-state index in [1.54, 1.807) is 30.3 Å². The van der Waals surface area contributed by atoms with Crippen molar-refractivity contribution in [1.82, 2.24) is 5.32 Å². The second-order valence-electron chi connectivity index (χ2n) is 6.60. The summed E-state index contributed by atoms with van der Waals surface area (Å²) in [5.41, 5.74) is 3.65. The molecule has 0 spiro atoms. The van der Waals surface area contributed by atoms with E-state index in [9.17, 15) is 9.59 Å². The van der Waals surface area contributed by atoms with E-state index in [-0.39, 0.29) is 18.4 Å². The Morgan fingerprint density at radius 2 is 1.62 bits per heavy atom. The first-order valence-corrected chi connectivity index (χ1v) is 9.62. The van der Waals surface area contributed by atoms with Gasteiger partial charge < -0.3 is 16.0 Å². The molecule has 0 bridgehead atoms. The largest absolute Gasteiger partial charge is 0.376 e. The molecule has 0 aliphatic carbocycles. The number of para-hydroxylation sites is 1. The molecule has 3 aromatic carbocycles. The second kappa shape index (κ2) is 9.75. The Morgan fingerprint density at radius 3 is 2.38 bits per heavy atom. The van der Waals surface area contributed by atoms with E-state index in [4.69, 9.17) is 11.6 Å². The fourth-order valence-electron chi connectivity index (χ4n) is 2.80. The van der Waals surface area contributed by atoms with Crippen molar-refractivity contribution in [1.29, 1.82) is 0 Å². The van der Waals surface area contributed by atoms with Crippen LogP contribution in [0.15, 0.2) is 72.8 Å². The zero-order valence-corrected chi connectivity index (χ0v) is 16.8. The molecule has 0 saturated heterocycles. The topological polar surface area (TPSA) is 70.2 Å². The first kappa shape index (κ1) is 20.4. The minimum atomic E-state index is -0.254. The van der Waals surface area contributed by atoms with E-state index < -0.39 is 0 Å². The Kier molecular flexibility index (Phi) is 6.87. The van der Waals surface area contributed by atoms with Gasteiger partial charge in [0.2, 0.25) is 5.91 Å². The van der Waals surface area contributed by atoms with E-state index in [1.165, 1.54) is 0 Å². The van der Waals surface area contributed by atoms with Gasteiger partial charge in [0.15, 0.2) is 0 Å². The first-order chi connectivity index (χ1) is 14.0. The number of aryl methyl sites for hydroxylation is 1. The van der Waals surface area contributed by atoms with Gasteiger partial charge in [0, 0.05) is 12.2 Å². The Labute approximate surface area is 175 Å². The standard InChI is InChI=1S/C23H22ClN3O2/c1-16-11-12-21(19(24)13-16)27-22(28)15-25-20-10-6-5-9-18(20)23(29)26-14-17-7-3-2-4-8-17/h2-13,25H,14-15H2,1H3,(H,26,29)(H,27,28). The number of carbonyl (C=O) groups excluding carboxylic acids is 2. The molecule has 0 heterocycles. The summed E-state index contributed by atoms with van der Waals surface area (Å²) in [5.74, 6) is -0.464. The summed E-state index contributed by atoms with van der Waals surface area (Å²) in [5, 5.41) is 9.18. The minimum absolute atomic E-state index is 0.00713. The lowest BCUT2D eigenvalue weighted by Gasteiger charge is -2.13. The number of anilines is 2. The number of rotatable bonds is 7. The highest BCUT2D eigenvalue weighted by atomic mass is 35.5. The maximum Gasteiger partial charge on any atom is 0.253 e. The average molecular weight is 408 g/mol. The van der Waals surface area contributed by atoms with E-state index in [1.807, 2.05) is 49.4 Å². The highest BCUT2D eigenvalue weighted by Gasteiger charge is 2.12. The molecular formula is C23H22ClN3O2. The van der Waals surface area contributed by atoms with Gasteiger partial charge in [-0.15, -0.1) is 0 Å². The number of halogens is 1. The van der Waals surface area contributed by atoms with E-state index in [0.717, 1.165) is 11.1 Å². The summed E-state index contributed by atoms with van der Waals surface area (Å²) >= 11 is 6.15. The van der Waals surface area contributed by atoms with Gasteiger partial charge in [-0.3, -0.25) is 9.59 Å². The van der Waals surface area contributed by atoms with Crippen LogP contribution in [0, 0.1) is 6.92 Å². The quantitative estimate of drug-likeness (QED) is 0.534. The summed E-state index contributed by atoms with van der Waals surface area (Å²) in [6.45, 7) is 2.37. The molecule has 3 rings (SSSR count). The number of benzene rings is 3. The molecule has 0 saturated carbocycles. The van der Waals surface area contributed by atoms with E-state index in [2.05, 4.69) is 16.0 Å². The van der Waals surface area contributed by atoms with Crippen LogP contribution in [-0.4, -0.2) is 18.4 Å². The van der Waals surface area contributed by atoms with Crippen LogP contribution >= 0.6 is 11.6 Å². The molecule has 3 N–H and O–H groups in total. The molecule has 3 aromatic rings. The van der Waals surface area contributed by atoms with E-state index in [0.29, 0.717) is 28.5 Å². The van der Waals surface area contributed by atoms with Crippen molar-refractivity contribution in [2.45, 2.75) is 13.5 Å². The van der Waals surface area contributed by atoms with E-state index >= 15 is 0 Å². The van der Waals surface area contributed by atoms with Crippen LogP contribution in [0.4, 0.5) is 11.4 Å². The molecule has 0 fully saturated rings. The van der Waals surface area contributed by atoms with Crippen molar-refractivity contribution in [2.75, 3.05) is 17.2 Å². The van der Waals surface area contributed by atoms with Crippen molar-refractivity contribution >= 4 is 34.8 Å². The summed E-state index contributed by atoms with van der Waals surface area (Å²) < 4.78 is 0. The molecule has 2 amide bonds. The minimum Gasteiger partial charge on any atom is -0.376 e. The Morgan fingerprint density at radius 1 is 0.897 bits per heavy atom. The lowest BCUT2D eigenvalue weighted by Crippen LogP contribution is -2.26. The molecule has 6 heteroatoms. The van der Waals surface area contributed by atoms with Crippen LogP contribution in [0.1, 0.15) is 21.5 Å². The second-order valence-corrected chi connectivity index (χ2v) is 7.01. The summed E-state index contributed by atoms with van der Waals surface area (Å²) in [4.78, 5) is 24.9. The molecule has 0 aliphatic heterocycles. The highest BCUT2D eigenvalue weighted by Crippen LogP contribution is 2.22. The van der Waals surface area contributed by atoms with Crippen LogP contribution in [0.2, 0.25) is 5.02 Å². The summed E-state index contributed by atoms with van der Waals surface area (Å²) in [6.07, 6.45) is 0. The predicted octanol–water partition coefficient (Wildman–Crippen LogP) is 4.63. The first-order valence-electron chi connectivity index (χ1n) is 9.24. The maximum absolute atomic E-state index is 12.6. The van der Waals surface area contributed by atoms with Gasteiger partial charge in [0.1, 0.15) is 0 Å². The molecule has 0 radical (unpaired) electrons. The average Bonchev–Trinajstić information content (AvgIpc) is 2.73. The molecule has 5 nitrogen and oxygen atoms in total. The predicted molar refractivity (Wildman–Crippen MR) is 117 cm³/mol. The molecule has 0 aromatic heterocycles. The normalized spacial score (nSPS) is 10.3. The van der Waals surface area contributed by atoms with Gasteiger partial charge in [-0.25, -0.2) is 0 Å².